The lowest BCUT2D eigenvalue weighted by molar-refractivity contribution is -0.150. The van der Waals surface area contributed by atoms with Crippen LogP contribution < -0.4 is 0 Å². The number of hydrogen-bond acceptors (Lipinski definition) is 3. The number of morpholine rings is 1. The summed E-state index contributed by atoms with van der Waals surface area (Å²) in [5.41, 5.74) is 0. The Kier molecular flexibility index (Phi) is 5.99. The Hall–Kier alpha value is -0.0400. The Morgan fingerprint density at radius 1 is 1.47 bits per heavy atom. The second-order valence-corrected chi connectivity index (χ2v) is 4.67. The minimum Gasteiger partial charge on any atom is -0.374 e. The van der Waals surface area contributed by atoms with Gasteiger partial charge in [0.25, 0.3) is 0 Å². The summed E-state index contributed by atoms with van der Waals surface area (Å²) in [7, 11) is 1.94. The van der Waals surface area contributed by atoms with Crippen molar-refractivity contribution in [2.75, 3.05) is 52.3 Å². The summed E-state index contributed by atoms with van der Waals surface area (Å²) in [6.45, 7) is 1.63. The van der Waals surface area contributed by atoms with Crippen molar-refractivity contribution in [3.63, 3.8) is 0 Å². The van der Waals surface area contributed by atoms with E-state index in [-0.39, 0.29) is 25.1 Å². The Bertz CT molecular complexity index is 228. The van der Waals surface area contributed by atoms with Crippen molar-refractivity contribution in [3.8, 4) is 0 Å². The molecular formula is C10H18ClF3N2O. The van der Waals surface area contributed by atoms with Crippen LogP contribution >= 0.6 is 11.6 Å². The van der Waals surface area contributed by atoms with E-state index < -0.39 is 12.7 Å². The predicted octanol–water partition coefficient (Wildman–Crippen LogP) is 1.42. The molecule has 0 aromatic rings. The molecule has 3 nitrogen and oxygen atoms in total. The molecule has 1 unspecified atom stereocenters. The summed E-state index contributed by atoms with van der Waals surface area (Å²) in [5.74, 6) is 0.193. The lowest BCUT2D eigenvalue weighted by atomic mass is 10.2. The third-order valence-corrected chi connectivity index (χ3v) is 2.78. The highest BCUT2D eigenvalue weighted by Crippen LogP contribution is 2.17. The van der Waals surface area contributed by atoms with Crippen LogP contribution in [0, 0.1) is 0 Å². The van der Waals surface area contributed by atoms with Gasteiger partial charge in [-0.05, 0) is 7.05 Å². The van der Waals surface area contributed by atoms with Crippen LogP contribution in [0.1, 0.15) is 0 Å². The first-order chi connectivity index (χ1) is 7.90. The highest BCUT2D eigenvalue weighted by atomic mass is 35.5. The van der Waals surface area contributed by atoms with Gasteiger partial charge in [-0.15, -0.1) is 11.6 Å². The number of hydrogen-bond donors (Lipinski definition) is 0. The van der Waals surface area contributed by atoms with Gasteiger partial charge in [-0.2, -0.15) is 13.2 Å². The monoisotopic (exact) mass is 274 g/mol. The van der Waals surface area contributed by atoms with Gasteiger partial charge in [-0.1, -0.05) is 0 Å². The number of ether oxygens (including phenoxy) is 1. The molecule has 0 radical (unpaired) electrons. The van der Waals surface area contributed by atoms with E-state index in [1.165, 1.54) is 4.90 Å². The van der Waals surface area contributed by atoms with Crippen molar-refractivity contribution in [3.05, 3.63) is 0 Å². The molecule has 17 heavy (non-hydrogen) atoms. The number of nitrogens with zero attached hydrogens (tertiary/aromatic N) is 2. The minimum atomic E-state index is -4.19. The van der Waals surface area contributed by atoms with Gasteiger partial charge in [0.1, 0.15) is 0 Å². The van der Waals surface area contributed by atoms with Gasteiger partial charge in [-0.3, -0.25) is 4.90 Å². The first-order valence-electron chi connectivity index (χ1n) is 5.56. The maximum Gasteiger partial charge on any atom is 0.401 e. The van der Waals surface area contributed by atoms with Gasteiger partial charge < -0.3 is 9.64 Å². The Labute approximate surface area is 104 Å². The van der Waals surface area contributed by atoms with E-state index in [0.717, 1.165) is 6.54 Å². The predicted molar refractivity (Wildman–Crippen MR) is 60.5 cm³/mol. The summed E-state index contributed by atoms with van der Waals surface area (Å²) in [4.78, 5) is 3.36. The molecule has 0 N–H and O–H groups in total. The molecule has 0 amide bonds. The van der Waals surface area contributed by atoms with E-state index >= 15 is 0 Å². The SMILES string of the molecule is CN1CCOC(CN(CCCl)CC(F)(F)F)C1. The van der Waals surface area contributed by atoms with Crippen molar-refractivity contribution >= 4 is 11.6 Å². The minimum absolute atomic E-state index is 0.167. The Morgan fingerprint density at radius 2 is 2.18 bits per heavy atom. The van der Waals surface area contributed by atoms with E-state index in [1.807, 2.05) is 7.05 Å². The molecule has 1 aliphatic heterocycles. The normalized spacial score (nSPS) is 23.3. The van der Waals surface area contributed by atoms with Gasteiger partial charge in [0.2, 0.25) is 0 Å². The maximum absolute atomic E-state index is 12.3. The van der Waals surface area contributed by atoms with Crippen molar-refractivity contribution < 1.29 is 17.9 Å². The molecule has 1 aliphatic rings. The smallest absolute Gasteiger partial charge is 0.374 e. The summed E-state index contributed by atoms with van der Waals surface area (Å²) in [6, 6.07) is 0. The third kappa shape index (κ3) is 6.45. The molecule has 1 atom stereocenters. The molecule has 1 rings (SSSR count). The first kappa shape index (κ1) is 15.0. The third-order valence-electron chi connectivity index (χ3n) is 2.61. The maximum atomic E-state index is 12.3. The zero-order valence-electron chi connectivity index (χ0n) is 9.84. The van der Waals surface area contributed by atoms with E-state index in [4.69, 9.17) is 16.3 Å². The van der Waals surface area contributed by atoms with Crippen LogP contribution in [0.3, 0.4) is 0 Å². The van der Waals surface area contributed by atoms with Crippen LogP contribution in [0.15, 0.2) is 0 Å². The molecule has 1 heterocycles. The largest absolute Gasteiger partial charge is 0.401 e. The van der Waals surface area contributed by atoms with E-state index in [9.17, 15) is 13.2 Å². The number of rotatable bonds is 5. The fourth-order valence-corrected chi connectivity index (χ4v) is 2.11. The van der Waals surface area contributed by atoms with Crippen LogP contribution in [0.25, 0.3) is 0 Å². The van der Waals surface area contributed by atoms with Crippen molar-refractivity contribution in [1.29, 1.82) is 0 Å². The molecular weight excluding hydrogens is 257 g/mol. The lowest BCUT2D eigenvalue weighted by Gasteiger charge is -2.33. The fourth-order valence-electron chi connectivity index (χ4n) is 1.87. The molecule has 0 spiro atoms. The van der Waals surface area contributed by atoms with Crippen LogP contribution in [0.2, 0.25) is 0 Å². The van der Waals surface area contributed by atoms with E-state index in [1.54, 1.807) is 0 Å². The van der Waals surface area contributed by atoms with Gasteiger partial charge in [-0.25, -0.2) is 0 Å². The quantitative estimate of drug-likeness (QED) is 0.705. The summed E-state index contributed by atoms with van der Waals surface area (Å²) < 4.78 is 42.4. The molecule has 102 valence electrons. The summed E-state index contributed by atoms with van der Waals surface area (Å²) >= 11 is 5.51. The average Bonchev–Trinajstić information content (AvgIpc) is 2.15. The molecule has 7 heteroatoms. The van der Waals surface area contributed by atoms with E-state index in [0.29, 0.717) is 13.2 Å². The van der Waals surface area contributed by atoms with Crippen molar-refractivity contribution in [1.82, 2.24) is 9.80 Å². The zero-order chi connectivity index (χ0) is 12.9. The fraction of sp³-hybridized carbons (Fsp3) is 1.00. The molecule has 0 saturated carbocycles. The molecule has 0 bridgehead atoms. The van der Waals surface area contributed by atoms with Crippen molar-refractivity contribution in [2.24, 2.45) is 0 Å². The highest BCUT2D eigenvalue weighted by Gasteiger charge is 2.32. The highest BCUT2D eigenvalue weighted by molar-refractivity contribution is 6.18. The zero-order valence-corrected chi connectivity index (χ0v) is 10.6. The van der Waals surface area contributed by atoms with E-state index in [2.05, 4.69) is 4.90 Å². The second kappa shape index (κ2) is 6.78. The lowest BCUT2D eigenvalue weighted by Crippen LogP contribution is -2.48. The van der Waals surface area contributed by atoms with Gasteiger partial charge in [0.05, 0.1) is 19.3 Å². The first-order valence-corrected chi connectivity index (χ1v) is 6.09. The number of halogens is 4. The average molecular weight is 275 g/mol. The molecule has 0 aromatic carbocycles. The van der Waals surface area contributed by atoms with Gasteiger partial charge >= 0.3 is 6.18 Å². The molecule has 1 saturated heterocycles. The van der Waals surface area contributed by atoms with Crippen LogP contribution in [0.5, 0.6) is 0 Å². The van der Waals surface area contributed by atoms with Gasteiger partial charge in [0, 0.05) is 32.1 Å². The molecule has 0 aliphatic carbocycles. The van der Waals surface area contributed by atoms with Crippen molar-refractivity contribution in [2.45, 2.75) is 12.3 Å². The molecule has 0 aromatic heterocycles. The Balaban J connectivity index is 2.42. The topological polar surface area (TPSA) is 15.7 Å². The van der Waals surface area contributed by atoms with Crippen LogP contribution in [0.4, 0.5) is 13.2 Å². The van der Waals surface area contributed by atoms with Crippen LogP contribution in [-0.4, -0.2) is 74.3 Å². The summed E-state index contributed by atoms with van der Waals surface area (Å²) in [6.07, 6.45) is -4.36. The second-order valence-electron chi connectivity index (χ2n) is 4.29. The molecule has 1 fully saturated rings. The number of likely N-dealkylation sites (N-methyl/N-ethyl adjacent to an activating group) is 1. The summed E-state index contributed by atoms with van der Waals surface area (Å²) in [5, 5.41) is 0. The van der Waals surface area contributed by atoms with Crippen LogP contribution in [-0.2, 0) is 4.74 Å². The van der Waals surface area contributed by atoms with Gasteiger partial charge in [0.15, 0.2) is 0 Å². The number of alkyl halides is 4. The standard InChI is InChI=1S/C10H18ClF3N2O/c1-15-4-5-17-9(6-15)7-16(3-2-11)8-10(12,13)14/h9H,2-8H2,1H3. The Morgan fingerprint density at radius 3 is 2.71 bits per heavy atom.